The molecule has 0 radical (unpaired) electrons. The van der Waals surface area contributed by atoms with Crippen LogP contribution in [0.5, 0.6) is 5.75 Å². The SMILES string of the molecule is CC(=O)O.O=C1NC(=Nc2cc[c-]cc2)SC1=Cc1cc2ccccc2cc1OCc1ccccc1F.[Na+]. The summed E-state index contributed by atoms with van der Waals surface area (Å²) in [4.78, 5) is 26.6. The van der Waals surface area contributed by atoms with Gasteiger partial charge in [-0.2, -0.15) is 18.2 Å². The maximum absolute atomic E-state index is 14.1. The number of halogens is 1. The molecule has 1 fully saturated rings. The van der Waals surface area contributed by atoms with Gasteiger partial charge in [0, 0.05) is 18.1 Å². The Bertz CT molecular complexity index is 1510. The molecule has 0 spiro atoms. The number of nitrogens with one attached hydrogen (secondary N) is 1. The van der Waals surface area contributed by atoms with Crippen molar-refractivity contribution in [2.45, 2.75) is 13.5 Å². The van der Waals surface area contributed by atoms with Crippen LogP contribution in [0.4, 0.5) is 10.1 Å². The van der Waals surface area contributed by atoms with Crippen LogP contribution in [0.1, 0.15) is 18.1 Å². The molecular formula is C29H22FN2NaO4S. The van der Waals surface area contributed by atoms with Gasteiger partial charge in [0.1, 0.15) is 18.2 Å². The molecule has 186 valence electrons. The first kappa shape index (κ1) is 29.1. The summed E-state index contributed by atoms with van der Waals surface area (Å²) in [6, 6.07) is 28.4. The predicted molar refractivity (Wildman–Crippen MR) is 144 cm³/mol. The number of thioether (sulfide) groups is 1. The molecule has 0 unspecified atom stereocenters. The Morgan fingerprint density at radius 2 is 1.71 bits per heavy atom. The second-order valence-corrected chi connectivity index (χ2v) is 8.91. The van der Waals surface area contributed by atoms with Crippen molar-refractivity contribution in [2.24, 2.45) is 4.99 Å². The number of benzene rings is 4. The molecule has 0 bridgehead atoms. The number of hydrogen-bond donors (Lipinski definition) is 2. The van der Waals surface area contributed by atoms with Crippen LogP contribution in [0.25, 0.3) is 16.8 Å². The van der Waals surface area contributed by atoms with E-state index in [2.05, 4.69) is 16.4 Å². The van der Waals surface area contributed by atoms with Gasteiger partial charge in [-0.1, -0.05) is 42.5 Å². The van der Waals surface area contributed by atoms with Crippen LogP contribution >= 0.6 is 11.8 Å². The molecular weight excluding hydrogens is 514 g/mol. The third-order valence-electron chi connectivity index (χ3n) is 5.09. The van der Waals surface area contributed by atoms with Gasteiger partial charge in [0.15, 0.2) is 5.17 Å². The van der Waals surface area contributed by atoms with E-state index in [0.717, 1.165) is 28.9 Å². The van der Waals surface area contributed by atoms with Crippen molar-refractivity contribution in [3.8, 4) is 5.75 Å². The first-order valence-electron chi connectivity index (χ1n) is 11.2. The topological polar surface area (TPSA) is 88.0 Å². The smallest absolute Gasteiger partial charge is 0.488 e. The third-order valence-corrected chi connectivity index (χ3v) is 6.00. The fraction of sp³-hybridized carbons (Fsp3) is 0.0690. The maximum Gasteiger partial charge on any atom is 1.00 e. The van der Waals surface area contributed by atoms with Crippen molar-refractivity contribution < 1.29 is 53.4 Å². The van der Waals surface area contributed by atoms with Gasteiger partial charge in [-0.3, -0.25) is 14.6 Å². The van der Waals surface area contributed by atoms with E-state index in [-0.39, 0.29) is 47.9 Å². The summed E-state index contributed by atoms with van der Waals surface area (Å²) in [7, 11) is 0. The summed E-state index contributed by atoms with van der Waals surface area (Å²) in [6.45, 7) is 1.16. The average Bonchev–Trinajstić information content (AvgIpc) is 3.22. The van der Waals surface area contributed by atoms with E-state index < -0.39 is 5.97 Å². The zero-order valence-corrected chi connectivity index (χ0v) is 23.6. The molecule has 0 saturated carbocycles. The number of aliphatic carboxylic acids is 1. The summed E-state index contributed by atoms with van der Waals surface area (Å²) >= 11 is 1.26. The number of amides is 1. The van der Waals surface area contributed by atoms with E-state index in [1.165, 1.54) is 17.8 Å². The molecule has 2 N–H and O–H groups in total. The first-order chi connectivity index (χ1) is 17.9. The zero-order chi connectivity index (χ0) is 26.2. The molecule has 4 aromatic rings. The third kappa shape index (κ3) is 8.03. The molecule has 1 amide bonds. The summed E-state index contributed by atoms with van der Waals surface area (Å²) < 4.78 is 20.1. The number of carbonyl (C=O) groups is 2. The molecule has 4 aromatic carbocycles. The van der Waals surface area contributed by atoms with Crippen LogP contribution in [-0.4, -0.2) is 22.2 Å². The Labute approximate surface area is 245 Å². The number of amidine groups is 1. The van der Waals surface area contributed by atoms with Crippen LogP contribution in [0.2, 0.25) is 0 Å². The molecule has 9 heteroatoms. The number of aliphatic imine (C=N–C) groups is 1. The Morgan fingerprint density at radius 1 is 1.08 bits per heavy atom. The van der Waals surface area contributed by atoms with E-state index in [9.17, 15) is 9.18 Å². The van der Waals surface area contributed by atoms with Gasteiger partial charge >= 0.3 is 29.6 Å². The zero-order valence-electron chi connectivity index (χ0n) is 20.8. The number of carboxylic acids is 1. The van der Waals surface area contributed by atoms with Crippen molar-refractivity contribution in [3.63, 3.8) is 0 Å². The van der Waals surface area contributed by atoms with Crippen LogP contribution < -0.4 is 39.6 Å². The fourth-order valence-electron chi connectivity index (χ4n) is 3.44. The minimum absolute atomic E-state index is 0. The molecule has 0 aliphatic carbocycles. The Hall–Kier alpha value is -3.43. The van der Waals surface area contributed by atoms with Gasteiger partial charge in [-0.05, 0) is 52.5 Å². The van der Waals surface area contributed by atoms with Crippen molar-refractivity contribution in [1.29, 1.82) is 0 Å². The molecule has 1 aliphatic heterocycles. The standard InChI is InChI=1S/C27H18FN2O2S.C2H4O2.Na/c28-23-13-7-6-10-20(23)17-32-24-15-19-9-5-4-8-18(19)14-21(24)16-25-26(31)30-27(33-25)29-22-11-2-1-3-12-22;1-2(3)4;/h2-16H,17H2,(H,29,30,31);1H3,(H,3,4);/q-1;;+1. The molecule has 0 aromatic heterocycles. The summed E-state index contributed by atoms with van der Waals surface area (Å²) in [5.74, 6) is -0.806. The van der Waals surface area contributed by atoms with Crippen molar-refractivity contribution >= 4 is 51.3 Å². The van der Waals surface area contributed by atoms with Crippen LogP contribution in [0.3, 0.4) is 0 Å². The van der Waals surface area contributed by atoms with Crippen molar-refractivity contribution in [2.75, 3.05) is 0 Å². The predicted octanol–water partition coefficient (Wildman–Crippen LogP) is 3.34. The van der Waals surface area contributed by atoms with Gasteiger partial charge in [0.2, 0.25) is 0 Å². The van der Waals surface area contributed by atoms with Crippen molar-refractivity contribution in [3.05, 3.63) is 113 Å². The van der Waals surface area contributed by atoms with Gasteiger partial charge in [0.05, 0.1) is 4.91 Å². The molecule has 1 aliphatic rings. The summed E-state index contributed by atoms with van der Waals surface area (Å²) in [5.41, 5.74) is 1.93. The number of rotatable bonds is 5. The fourth-order valence-corrected chi connectivity index (χ4v) is 4.27. The minimum Gasteiger partial charge on any atom is -0.488 e. The van der Waals surface area contributed by atoms with E-state index in [1.54, 1.807) is 36.4 Å². The van der Waals surface area contributed by atoms with Gasteiger partial charge < -0.3 is 15.2 Å². The first-order valence-corrected chi connectivity index (χ1v) is 12.0. The van der Waals surface area contributed by atoms with Crippen LogP contribution in [0.15, 0.2) is 94.8 Å². The normalized spacial score (nSPS) is 14.4. The Balaban J connectivity index is 0.000000749. The number of nitrogens with zero attached hydrogens (tertiary/aromatic N) is 1. The Kier molecular flexibility index (Phi) is 10.7. The molecule has 0 atom stereocenters. The average molecular weight is 537 g/mol. The number of ether oxygens (including phenoxy) is 1. The quantitative estimate of drug-likeness (QED) is 0.232. The molecule has 38 heavy (non-hydrogen) atoms. The van der Waals surface area contributed by atoms with Crippen molar-refractivity contribution in [1.82, 2.24) is 5.32 Å². The van der Waals surface area contributed by atoms with Gasteiger partial charge in [-0.15, -0.1) is 12.1 Å². The molecule has 1 saturated heterocycles. The monoisotopic (exact) mass is 536 g/mol. The molecule has 5 rings (SSSR count). The molecule has 1 heterocycles. The van der Waals surface area contributed by atoms with E-state index in [4.69, 9.17) is 14.6 Å². The second-order valence-electron chi connectivity index (χ2n) is 7.88. The van der Waals surface area contributed by atoms with Crippen LogP contribution in [-0.2, 0) is 16.2 Å². The number of carbonyl (C=O) groups excluding carboxylic acids is 1. The summed E-state index contributed by atoms with van der Waals surface area (Å²) in [6.07, 6.45) is 1.78. The van der Waals surface area contributed by atoms with E-state index in [1.807, 2.05) is 48.5 Å². The van der Waals surface area contributed by atoms with E-state index >= 15 is 0 Å². The second kappa shape index (κ2) is 13.9. The largest absolute Gasteiger partial charge is 1.00 e. The molecule has 6 nitrogen and oxygen atoms in total. The van der Waals surface area contributed by atoms with Gasteiger partial charge in [0.25, 0.3) is 11.9 Å². The maximum atomic E-state index is 14.1. The Morgan fingerprint density at radius 3 is 2.39 bits per heavy atom. The number of carboxylic acid groups (broad SMARTS) is 1. The van der Waals surface area contributed by atoms with Crippen LogP contribution in [0, 0.1) is 11.9 Å². The van der Waals surface area contributed by atoms with E-state index in [0.29, 0.717) is 21.4 Å². The number of fused-ring (bicyclic) bond motifs is 1. The minimum atomic E-state index is -0.833. The number of hydrogen-bond acceptors (Lipinski definition) is 5. The summed E-state index contributed by atoms with van der Waals surface area (Å²) in [5, 5.41) is 12.7. The van der Waals surface area contributed by atoms with Gasteiger partial charge in [-0.25, -0.2) is 4.39 Å².